The molecule has 0 saturated carbocycles. The molecule has 1 rings (SSSR count). The van der Waals surface area contributed by atoms with Gasteiger partial charge in [-0.15, -0.1) is 0 Å². The van der Waals surface area contributed by atoms with Gasteiger partial charge >= 0.3 is 0 Å². The van der Waals surface area contributed by atoms with E-state index in [2.05, 4.69) is 9.97 Å². The predicted octanol–water partition coefficient (Wildman–Crippen LogP) is -0.113. The summed E-state index contributed by atoms with van der Waals surface area (Å²) in [6.07, 6.45) is 1.32. The van der Waals surface area contributed by atoms with Crippen LogP contribution in [0.4, 0.5) is 0 Å². The van der Waals surface area contributed by atoms with Gasteiger partial charge in [-0.3, -0.25) is 4.79 Å². The van der Waals surface area contributed by atoms with Crippen LogP contribution < -0.4 is 11.3 Å². The van der Waals surface area contributed by atoms with Crippen molar-refractivity contribution in [1.82, 2.24) is 9.97 Å². The molecule has 13 heavy (non-hydrogen) atoms. The van der Waals surface area contributed by atoms with Gasteiger partial charge in [-0.25, -0.2) is 0 Å². The third kappa shape index (κ3) is 2.06. The minimum absolute atomic E-state index is 0.120. The summed E-state index contributed by atoms with van der Waals surface area (Å²) in [4.78, 5) is 17.5. The van der Waals surface area contributed by atoms with E-state index in [1.54, 1.807) is 0 Å². The van der Waals surface area contributed by atoms with E-state index in [-0.39, 0.29) is 18.0 Å². The summed E-state index contributed by atoms with van der Waals surface area (Å²) in [6, 6.07) is 0. The molecule has 72 valence electrons. The number of nitrogens with one attached hydrogen (secondary N) is 1. The molecule has 0 aromatic carbocycles. The highest BCUT2D eigenvalue weighted by Crippen LogP contribution is 2.09. The molecule has 0 amide bonds. The average Bonchev–Trinajstić information content (AvgIpc) is 2.11. The van der Waals surface area contributed by atoms with E-state index >= 15 is 0 Å². The Kier molecular flexibility index (Phi) is 3.02. The van der Waals surface area contributed by atoms with Gasteiger partial charge in [-0.05, 0) is 6.42 Å². The van der Waals surface area contributed by atoms with E-state index in [1.165, 1.54) is 0 Å². The second kappa shape index (κ2) is 4.04. The molecule has 0 unspecified atom stereocenters. The smallest absolute Gasteiger partial charge is 0.257 e. The maximum Gasteiger partial charge on any atom is 0.257 e. The van der Waals surface area contributed by atoms with Crippen molar-refractivity contribution >= 4 is 0 Å². The number of aromatic amines is 1. The van der Waals surface area contributed by atoms with Gasteiger partial charge < -0.3 is 15.8 Å². The molecule has 0 aliphatic rings. The summed E-state index contributed by atoms with van der Waals surface area (Å²) in [5.41, 5.74) is 5.30. The van der Waals surface area contributed by atoms with Crippen molar-refractivity contribution in [3.63, 3.8) is 0 Å². The van der Waals surface area contributed by atoms with Crippen LogP contribution in [-0.4, -0.2) is 15.1 Å². The van der Waals surface area contributed by atoms with Gasteiger partial charge in [-0.1, -0.05) is 13.3 Å². The van der Waals surface area contributed by atoms with Crippen LogP contribution in [0.1, 0.15) is 24.7 Å². The van der Waals surface area contributed by atoms with Gasteiger partial charge in [0.15, 0.2) is 0 Å². The second-order valence-electron chi connectivity index (χ2n) is 2.77. The molecular formula is C8H13N3O2. The number of hydrogen-bond acceptors (Lipinski definition) is 4. The quantitative estimate of drug-likeness (QED) is 0.609. The van der Waals surface area contributed by atoms with Crippen molar-refractivity contribution in [3.05, 3.63) is 21.7 Å². The van der Waals surface area contributed by atoms with E-state index in [9.17, 15) is 9.90 Å². The molecule has 1 aromatic rings. The molecule has 0 saturated heterocycles. The minimum atomic E-state index is -0.296. The van der Waals surface area contributed by atoms with Crippen LogP contribution in [-0.2, 0) is 13.0 Å². The van der Waals surface area contributed by atoms with E-state index in [4.69, 9.17) is 5.73 Å². The van der Waals surface area contributed by atoms with E-state index in [0.717, 1.165) is 6.42 Å². The summed E-state index contributed by atoms with van der Waals surface area (Å²) in [5.74, 6) is 0.105. The maximum atomic E-state index is 11.3. The summed E-state index contributed by atoms with van der Waals surface area (Å²) in [7, 11) is 0. The van der Waals surface area contributed by atoms with Crippen molar-refractivity contribution < 1.29 is 5.11 Å². The average molecular weight is 183 g/mol. The molecule has 0 aliphatic carbocycles. The molecule has 5 heteroatoms. The highest BCUT2D eigenvalue weighted by Gasteiger charge is 2.08. The standard InChI is InChI=1S/C8H13N3O2/c1-2-3-5-7(12)10-6(4-9)11-8(5)13/h2-4,9H2,1H3,(H2,10,11,12,13). The normalized spacial score (nSPS) is 10.3. The number of aromatic hydroxyl groups is 1. The van der Waals surface area contributed by atoms with Gasteiger partial charge in [-0.2, -0.15) is 4.98 Å². The Bertz CT molecular complexity index is 346. The zero-order valence-corrected chi connectivity index (χ0v) is 7.50. The summed E-state index contributed by atoms with van der Waals surface area (Å²) in [6.45, 7) is 2.05. The second-order valence-corrected chi connectivity index (χ2v) is 2.77. The third-order valence-corrected chi connectivity index (χ3v) is 1.74. The highest BCUT2D eigenvalue weighted by molar-refractivity contribution is 5.22. The SMILES string of the molecule is CCCc1c(O)nc(CN)[nH]c1=O. The Morgan fingerprint density at radius 1 is 1.62 bits per heavy atom. The van der Waals surface area contributed by atoms with Gasteiger partial charge in [0.25, 0.3) is 5.56 Å². The molecule has 5 nitrogen and oxygen atoms in total. The molecule has 0 spiro atoms. The number of nitrogens with zero attached hydrogens (tertiary/aromatic N) is 1. The maximum absolute atomic E-state index is 11.3. The minimum Gasteiger partial charge on any atom is -0.493 e. The lowest BCUT2D eigenvalue weighted by molar-refractivity contribution is 0.439. The van der Waals surface area contributed by atoms with Crippen molar-refractivity contribution in [2.24, 2.45) is 5.73 Å². The first-order chi connectivity index (χ1) is 6.19. The van der Waals surface area contributed by atoms with Crippen molar-refractivity contribution in [1.29, 1.82) is 0 Å². The van der Waals surface area contributed by atoms with Crippen LogP contribution in [0, 0.1) is 0 Å². The monoisotopic (exact) mass is 183 g/mol. The first-order valence-corrected chi connectivity index (χ1v) is 4.20. The predicted molar refractivity (Wildman–Crippen MR) is 48.4 cm³/mol. The molecule has 0 aliphatic heterocycles. The fourth-order valence-electron chi connectivity index (χ4n) is 1.10. The van der Waals surface area contributed by atoms with Gasteiger partial charge in [0, 0.05) is 0 Å². The molecule has 0 fully saturated rings. The zero-order chi connectivity index (χ0) is 9.84. The molecule has 1 aromatic heterocycles. The van der Waals surface area contributed by atoms with Crippen molar-refractivity contribution in [3.8, 4) is 5.88 Å². The summed E-state index contributed by atoms with van der Waals surface area (Å²) in [5, 5.41) is 9.35. The lowest BCUT2D eigenvalue weighted by atomic mass is 10.2. The Balaban J connectivity index is 3.15. The van der Waals surface area contributed by atoms with Gasteiger partial charge in [0.05, 0.1) is 12.1 Å². The van der Waals surface area contributed by atoms with E-state index in [1.807, 2.05) is 6.92 Å². The molecular weight excluding hydrogens is 170 g/mol. The summed E-state index contributed by atoms with van der Waals surface area (Å²) < 4.78 is 0. The Labute approximate surface area is 75.6 Å². The van der Waals surface area contributed by atoms with Crippen LogP contribution in [0.5, 0.6) is 5.88 Å². The topological polar surface area (TPSA) is 92.0 Å². The van der Waals surface area contributed by atoms with E-state index < -0.39 is 0 Å². The van der Waals surface area contributed by atoms with Crippen LogP contribution in [0.2, 0.25) is 0 Å². The molecule has 0 bridgehead atoms. The molecule has 0 radical (unpaired) electrons. The lowest BCUT2D eigenvalue weighted by Crippen LogP contribution is -2.18. The molecule has 0 atom stereocenters. The highest BCUT2D eigenvalue weighted by atomic mass is 16.3. The summed E-state index contributed by atoms with van der Waals surface area (Å²) >= 11 is 0. The van der Waals surface area contributed by atoms with Crippen LogP contribution in [0.3, 0.4) is 0 Å². The lowest BCUT2D eigenvalue weighted by Gasteiger charge is -2.02. The Morgan fingerprint density at radius 2 is 2.31 bits per heavy atom. The first-order valence-electron chi connectivity index (χ1n) is 4.20. The molecule has 1 heterocycles. The first kappa shape index (κ1) is 9.73. The van der Waals surface area contributed by atoms with Crippen molar-refractivity contribution in [2.75, 3.05) is 0 Å². The molecule has 4 N–H and O–H groups in total. The number of hydrogen-bond donors (Lipinski definition) is 3. The van der Waals surface area contributed by atoms with Gasteiger partial charge in [0.2, 0.25) is 5.88 Å². The van der Waals surface area contributed by atoms with Crippen LogP contribution >= 0.6 is 0 Å². The van der Waals surface area contributed by atoms with E-state index in [0.29, 0.717) is 17.8 Å². The number of H-pyrrole nitrogens is 1. The van der Waals surface area contributed by atoms with Crippen LogP contribution in [0.15, 0.2) is 4.79 Å². The fraction of sp³-hybridized carbons (Fsp3) is 0.500. The number of nitrogens with two attached hydrogens (primary N) is 1. The zero-order valence-electron chi connectivity index (χ0n) is 7.50. The number of aromatic nitrogens is 2. The fourth-order valence-corrected chi connectivity index (χ4v) is 1.10. The Morgan fingerprint density at radius 3 is 2.77 bits per heavy atom. The van der Waals surface area contributed by atoms with Crippen molar-refractivity contribution in [2.45, 2.75) is 26.3 Å². The van der Waals surface area contributed by atoms with Gasteiger partial charge in [0.1, 0.15) is 5.82 Å². The Hall–Kier alpha value is -1.36. The largest absolute Gasteiger partial charge is 0.493 e. The third-order valence-electron chi connectivity index (χ3n) is 1.74. The van der Waals surface area contributed by atoms with Crippen LogP contribution in [0.25, 0.3) is 0 Å². The number of rotatable bonds is 3.